The number of para-hydroxylation sites is 1. The maximum absolute atomic E-state index is 8.67. The van der Waals surface area contributed by atoms with Gasteiger partial charge in [-0.1, -0.05) is 12.1 Å². The van der Waals surface area contributed by atoms with Gasteiger partial charge in [0, 0.05) is 5.39 Å². The lowest BCUT2D eigenvalue weighted by Gasteiger charge is -2.05. The van der Waals surface area contributed by atoms with E-state index >= 15 is 0 Å². The molecule has 0 aliphatic rings. The number of furan rings is 1. The van der Waals surface area contributed by atoms with E-state index in [4.69, 9.17) is 9.68 Å². The van der Waals surface area contributed by atoms with Gasteiger partial charge in [0.2, 0.25) is 5.76 Å². The molecule has 5 heteroatoms. The third-order valence-corrected chi connectivity index (χ3v) is 2.70. The average molecular weight is 238 g/mol. The van der Waals surface area contributed by atoms with E-state index in [1.54, 1.807) is 18.3 Å². The van der Waals surface area contributed by atoms with E-state index in [1.807, 2.05) is 24.3 Å². The molecule has 0 amide bonds. The number of anilines is 1. The van der Waals surface area contributed by atoms with Crippen LogP contribution < -0.4 is 5.32 Å². The molecule has 2 heterocycles. The Bertz CT molecular complexity index is 720. The fourth-order valence-corrected chi connectivity index (χ4v) is 1.83. The monoisotopic (exact) mass is 238 g/mol. The number of hydrogen-bond donors (Lipinski definition) is 2. The molecule has 0 spiro atoms. The van der Waals surface area contributed by atoms with Gasteiger partial charge < -0.3 is 9.73 Å². The van der Waals surface area contributed by atoms with E-state index in [0.717, 1.165) is 22.4 Å². The lowest BCUT2D eigenvalue weighted by molar-refractivity contribution is 0.506. The minimum absolute atomic E-state index is 0.326. The smallest absolute Gasteiger partial charge is 0.203 e. The Morgan fingerprint density at radius 2 is 2.28 bits per heavy atom. The summed E-state index contributed by atoms with van der Waals surface area (Å²) in [5.41, 5.74) is 1.92. The van der Waals surface area contributed by atoms with Gasteiger partial charge in [-0.2, -0.15) is 10.4 Å². The number of aromatic nitrogens is 2. The van der Waals surface area contributed by atoms with Crippen molar-refractivity contribution < 1.29 is 4.42 Å². The van der Waals surface area contributed by atoms with E-state index in [0.29, 0.717) is 12.3 Å². The van der Waals surface area contributed by atoms with Gasteiger partial charge >= 0.3 is 0 Å². The maximum atomic E-state index is 8.67. The van der Waals surface area contributed by atoms with Crippen LogP contribution in [0.1, 0.15) is 11.5 Å². The Kier molecular flexibility index (Phi) is 2.47. The fraction of sp³-hybridized carbons (Fsp3) is 0.0769. The van der Waals surface area contributed by atoms with E-state index < -0.39 is 0 Å². The van der Waals surface area contributed by atoms with Gasteiger partial charge in [0.05, 0.1) is 23.9 Å². The van der Waals surface area contributed by atoms with Crippen molar-refractivity contribution in [3.63, 3.8) is 0 Å². The van der Waals surface area contributed by atoms with Crippen molar-refractivity contribution in [1.82, 2.24) is 10.2 Å². The zero-order chi connectivity index (χ0) is 12.4. The molecule has 3 rings (SSSR count). The van der Waals surface area contributed by atoms with Crippen molar-refractivity contribution in [3.05, 3.63) is 48.0 Å². The first-order chi connectivity index (χ1) is 8.86. The first kappa shape index (κ1) is 10.4. The molecular weight excluding hydrogens is 228 g/mol. The van der Waals surface area contributed by atoms with Crippen molar-refractivity contribution in [2.75, 3.05) is 5.32 Å². The number of hydrogen-bond acceptors (Lipinski definition) is 4. The molecule has 2 aromatic heterocycles. The number of benzene rings is 1. The van der Waals surface area contributed by atoms with Crippen molar-refractivity contribution >= 4 is 16.6 Å². The quantitative estimate of drug-likeness (QED) is 0.735. The number of nitrogens with zero attached hydrogens (tertiary/aromatic N) is 2. The molecule has 0 unspecified atom stereocenters. The topological polar surface area (TPSA) is 77.6 Å². The normalized spacial score (nSPS) is 10.4. The maximum Gasteiger partial charge on any atom is 0.203 e. The van der Waals surface area contributed by atoms with Gasteiger partial charge in [0.1, 0.15) is 11.8 Å². The molecule has 1 aromatic carbocycles. The summed E-state index contributed by atoms with van der Waals surface area (Å²) in [6.45, 7) is 0.528. The van der Waals surface area contributed by atoms with Crippen LogP contribution in [-0.2, 0) is 6.54 Å². The third-order valence-electron chi connectivity index (χ3n) is 2.70. The molecule has 88 valence electrons. The van der Waals surface area contributed by atoms with Crippen LogP contribution in [-0.4, -0.2) is 10.2 Å². The predicted octanol–water partition coefficient (Wildman–Crippen LogP) is 2.64. The van der Waals surface area contributed by atoms with Crippen LogP contribution in [0.2, 0.25) is 0 Å². The summed E-state index contributed by atoms with van der Waals surface area (Å²) in [7, 11) is 0. The van der Waals surface area contributed by atoms with Gasteiger partial charge in [-0.05, 0) is 18.2 Å². The number of H-pyrrole nitrogens is 1. The van der Waals surface area contributed by atoms with Gasteiger partial charge in [-0.3, -0.25) is 5.10 Å². The molecule has 0 bridgehead atoms. The zero-order valence-electron chi connectivity index (χ0n) is 9.47. The number of rotatable bonds is 3. The summed E-state index contributed by atoms with van der Waals surface area (Å²) in [5.74, 6) is 1.05. The molecular formula is C13H10N4O. The first-order valence-corrected chi connectivity index (χ1v) is 5.51. The van der Waals surface area contributed by atoms with Crippen molar-refractivity contribution in [1.29, 1.82) is 5.26 Å². The number of aromatic amines is 1. The lowest BCUT2D eigenvalue weighted by Crippen LogP contribution is -1.98. The fourth-order valence-electron chi connectivity index (χ4n) is 1.83. The molecule has 0 atom stereocenters. The van der Waals surface area contributed by atoms with Crippen LogP contribution in [0.15, 0.2) is 40.9 Å². The van der Waals surface area contributed by atoms with Gasteiger partial charge in [-0.25, -0.2) is 0 Å². The zero-order valence-corrected chi connectivity index (χ0v) is 9.47. The van der Waals surface area contributed by atoms with E-state index in [1.165, 1.54) is 0 Å². The summed E-state index contributed by atoms with van der Waals surface area (Å²) in [6, 6.07) is 11.3. The van der Waals surface area contributed by atoms with Crippen molar-refractivity contribution in [3.8, 4) is 6.07 Å². The largest absolute Gasteiger partial charge is 0.449 e. The molecule has 0 radical (unpaired) electrons. The molecule has 0 aliphatic carbocycles. The van der Waals surface area contributed by atoms with E-state index in [2.05, 4.69) is 15.5 Å². The van der Waals surface area contributed by atoms with Crippen molar-refractivity contribution in [2.45, 2.75) is 6.54 Å². The minimum Gasteiger partial charge on any atom is -0.449 e. The molecule has 18 heavy (non-hydrogen) atoms. The highest BCUT2D eigenvalue weighted by molar-refractivity contribution is 5.89. The summed E-state index contributed by atoms with van der Waals surface area (Å²) in [6.07, 6.45) is 1.78. The summed E-state index contributed by atoms with van der Waals surface area (Å²) in [4.78, 5) is 0. The second kappa shape index (κ2) is 4.26. The Morgan fingerprint density at radius 3 is 3.11 bits per heavy atom. The second-order valence-electron chi connectivity index (χ2n) is 3.87. The molecule has 0 aliphatic heterocycles. The van der Waals surface area contributed by atoms with Crippen LogP contribution in [0, 0.1) is 11.3 Å². The Hall–Kier alpha value is -2.74. The molecule has 0 saturated carbocycles. The van der Waals surface area contributed by atoms with Gasteiger partial charge in [0.15, 0.2) is 0 Å². The highest BCUT2D eigenvalue weighted by atomic mass is 16.3. The van der Waals surface area contributed by atoms with E-state index in [9.17, 15) is 0 Å². The minimum atomic E-state index is 0.326. The number of nitrogens with one attached hydrogen (secondary N) is 2. The summed E-state index contributed by atoms with van der Waals surface area (Å²) in [5, 5.41) is 19.9. The predicted molar refractivity (Wildman–Crippen MR) is 66.8 cm³/mol. The SMILES string of the molecule is N#Cc1ccc(CNc2cccc3cn[nH]c23)o1. The van der Waals surface area contributed by atoms with Gasteiger partial charge in [0.25, 0.3) is 0 Å². The van der Waals surface area contributed by atoms with E-state index in [-0.39, 0.29) is 0 Å². The molecule has 3 aromatic rings. The standard InChI is InChI=1S/C13H10N4O/c14-6-10-4-5-11(18-10)8-15-12-3-1-2-9-7-16-17-13(9)12/h1-5,7,15H,8H2,(H,16,17). The number of fused-ring (bicyclic) bond motifs is 1. The van der Waals surface area contributed by atoms with Crippen molar-refractivity contribution in [2.24, 2.45) is 0 Å². The third kappa shape index (κ3) is 1.80. The van der Waals surface area contributed by atoms with Crippen LogP contribution in [0.3, 0.4) is 0 Å². The van der Waals surface area contributed by atoms with Gasteiger partial charge in [-0.15, -0.1) is 0 Å². The average Bonchev–Trinajstić information content (AvgIpc) is 3.05. The Morgan fingerprint density at radius 1 is 1.33 bits per heavy atom. The Balaban J connectivity index is 1.81. The molecule has 0 fully saturated rings. The summed E-state index contributed by atoms with van der Waals surface area (Å²) >= 11 is 0. The molecule has 5 nitrogen and oxygen atoms in total. The summed E-state index contributed by atoms with van der Waals surface area (Å²) < 4.78 is 5.30. The number of nitriles is 1. The van der Waals surface area contributed by atoms with Crippen LogP contribution in [0.5, 0.6) is 0 Å². The Labute approximate surface area is 103 Å². The lowest BCUT2D eigenvalue weighted by atomic mass is 10.2. The highest BCUT2D eigenvalue weighted by Gasteiger charge is 2.04. The van der Waals surface area contributed by atoms with Crippen LogP contribution in [0.4, 0.5) is 5.69 Å². The van der Waals surface area contributed by atoms with Crippen LogP contribution in [0.25, 0.3) is 10.9 Å². The van der Waals surface area contributed by atoms with Crippen LogP contribution >= 0.6 is 0 Å². The first-order valence-electron chi connectivity index (χ1n) is 5.51. The molecule has 2 N–H and O–H groups in total. The highest BCUT2D eigenvalue weighted by Crippen LogP contribution is 2.21. The second-order valence-corrected chi connectivity index (χ2v) is 3.87. The molecule has 0 saturated heterocycles.